The van der Waals surface area contributed by atoms with E-state index >= 15 is 0 Å². The first kappa shape index (κ1) is 18.7. The number of carbonyl (C=O) groups excluding carboxylic acids is 2. The van der Waals surface area contributed by atoms with Crippen LogP contribution < -0.4 is 10.2 Å². The Morgan fingerprint density at radius 2 is 1.72 bits per heavy atom. The maximum absolute atomic E-state index is 13.2. The zero-order valence-electron chi connectivity index (χ0n) is 16.6. The third-order valence-electron chi connectivity index (χ3n) is 5.09. The molecule has 0 saturated carbocycles. The smallest absolute Gasteiger partial charge is 0.271 e. The molecule has 0 bridgehead atoms. The highest BCUT2D eigenvalue weighted by Gasteiger charge is 2.45. The Morgan fingerprint density at radius 3 is 2.34 bits per heavy atom. The molecule has 146 valence electrons. The van der Waals surface area contributed by atoms with Crippen molar-refractivity contribution in [3.63, 3.8) is 0 Å². The van der Waals surface area contributed by atoms with Crippen LogP contribution in [0.2, 0.25) is 0 Å². The average molecular weight is 388 g/mol. The number of hydrogen-bond donors (Lipinski definition) is 1. The second-order valence-corrected chi connectivity index (χ2v) is 7.36. The quantitative estimate of drug-likeness (QED) is 0.740. The summed E-state index contributed by atoms with van der Waals surface area (Å²) in [6.07, 6.45) is 6.32. The maximum atomic E-state index is 13.2. The van der Waals surface area contributed by atoms with Crippen molar-refractivity contribution in [1.82, 2.24) is 25.3 Å². The number of carbonyl (C=O) groups is 2. The van der Waals surface area contributed by atoms with Crippen molar-refractivity contribution in [2.75, 3.05) is 11.9 Å². The molecule has 1 aliphatic heterocycles. The molecule has 0 unspecified atom stereocenters. The van der Waals surface area contributed by atoms with E-state index in [4.69, 9.17) is 0 Å². The predicted octanol–water partition coefficient (Wildman–Crippen LogP) is 2.56. The van der Waals surface area contributed by atoms with Crippen molar-refractivity contribution in [1.29, 1.82) is 0 Å². The SMILES string of the molecule is CNC(=O)c1cnc(N2C(=O)C(C)(C)c3ccc(-c4cnc(C)nc4)cc32)cn1. The van der Waals surface area contributed by atoms with Crippen LogP contribution in [0.1, 0.15) is 35.7 Å². The molecule has 1 N–H and O–H groups in total. The summed E-state index contributed by atoms with van der Waals surface area (Å²) in [5.41, 5.74) is 2.87. The fraction of sp³-hybridized carbons (Fsp3) is 0.238. The molecule has 3 heterocycles. The Kier molecular flexibility index (Phi) is 4.34. The number of nitrogens with one attached hydrogen (secondary N) is 1. The Bertz CT molecular complexity index is 1110. The largest absolute Gasteiger partial charge is 0.354 e. The molecule has 0 fully saturated rings. The summed E-state index contributed by atoms with van der Waals surface area (Å²) in [6, 6.07) is 5.85. The predicted molar refractivity (Wildman–Crippen MR) is 108 cm³/mol. The van der Waals surface area contributed by atoms with Gasteiger partial charge in [-0.2, -0.15) is 0 Å². The van der Waals surface area contributed by atoms with Gasteiger partial charge in [0.25, 0.3) is 5.91 Å². The van der Waals surface area contributed by atoms with Crippen LogP contribution in [0.4, 0.5) is 11.5 Å². The van der Waals surface area contributed by atoms with Crippen LogP contribution in [0.5, 0.6) is 0 Å². The highest BCUT2D eigenvalue weighted by atomic mass is 16.2. The van der Waals surface area contributed by atoms with Crippen molar-refractivity contribution in [3.05, 3.63) is 60.1 Å². The van der Waals surface area contributed by atoms with Gasteiger partial charge in [-0.25, -0.2) is 19.9 Å². The molecule has 1 aliphatic rings. The van der Waals surface area contributed by atoms with E-state index in [0.29, 0.717) is 11.6 Å². The monoisotopic (exact) mass is 388 g/mol. The van der Waals surface area contributed by atoms with E-state index in [1.165, 1.54) is 19.4 Å². The molecule has 0 radical (unpaired) electrons. The molecule has 8 heteroatoms. The fourth-order valence-electron chi connectivity index (χ4n) is 3.38. The van der Waals surface area contributed by atoms with Gasteiger partial charge in [0.05, 0.1) is 23.5 Å². The standard InChI is InChI=1S/C21H20N6O2/c1-12-23-8-14(9-24-12)13-5-6-15-17(7-13)27(20(29)21(15,2)3)18-11-25-16(10-26-18)19(28)22-4/h5-11H,1-4H3,(H,22,28). The first-order chi connectivity index (χ1) is 13.8. The van der Waals surface area contributed by atoms with Crippen LogP contribution in [0.25, 0.3) is 11.1 Å². The van der Waals surface area contributed by atoms with Gasteiger partial charge in [0.15, 0.2) is 5.82 Å². The summed E-state index contributed by atoms with van der Waals surface area (Å²) in [6.45, 7) is 5.60. The summed E-state index contributed by atoms with van der Waals surface area (Å²) in [7, 11) is 1.52. The highest BCUT2D eigenvalue weighted by molar-refractivity contribution is 6.12. The molecule has 4 rings (SSSR count). The number of amides is 2. The van der Waals surface area contributed by atoms with Crippen LogP contribution in [0.3, 0.4) is 0 Å². The summed E-state index contributed by atoms with van der Waals surface area (Å²) in [4.78, 5) is 43.5. The highest BCUT2D eigenvalue weighted by Crippen LogP contribution is 2.46. The van der Waals surface area contributed by atoms with Gasteiger partial charge in [0.1, 0.15) is 11.5 Å². The average Bonchev–Trinajstić information content (AvgIpc) is 2.93. The molecule has 0 saturated heterocycles. The molecule has 0 atom stereocenters. The number of aromatic nitrogens is 4. The summed E-state index contributed by atoms with van der Waals surface area (Å²) in [5.74, 6) is 0.622. The number of rotatable bonds is 3. The lowest BCUT2D eigenvalue weighted by molar-refractivity contribution is -0.121. The minimum atomic E-state index is -0.710. The summed E-state index contributed by atoms with van der Waals surface area (Å²) < 4.78 is 0. The number of benzene rings is 1. The number of nitrogens with zero attached hydrogens (tertiary/aromatic N) is 5. The van der Waals surface area contributed by atoms with Crippen molar-refractivity contribution < 1.29 is 9.59 Å². The van der Waals surface area contributed by atoms with Gasteiger partial charge in [-0.3, -0.25) is 14.5 Å². The molecular weight excluding hydrogens is 368 g/mol. The van der Waals surface area contributed by atoms with Crippen molar-refractivity contribution in [2.45, 2.75) is 26.2 Å². The van der Waals surface area contributed by atoms with E-state index in [-0.39, 0.29) is 17.5 Å². The summed E-state index contributed by atoms with van der Waals surface area (Å²) in [5, 5.41) is 2.50. The molecular formula is C21H20N6O2. The third kappa shape index (κ3) is 3.02. The first-order valence-electron chi connectivity index (χ1n) is 9.15. The first-order valence-corrected chi connectivity index (χ1v) is 9.15. The lowest BCUT2D eigenvalue weighted by Gasteiger charge is -2.19. The van der Waals surface area contributed by atoms with Gasteiger partial charge in [0.2, 0.25) is 5.91 Å². The third-order valence-corrected chi connectivity index (χ3v) is 5.09. The number of aryl methyl sites for hydroxylation is 1. The summed E-state index contributed by atoms with van der Waals surface area (Å²) >= 11 is 0. The van der Waals surface area contributed by atoms with Gasteiger partial charge in [-0.05, 0) is 38.0 Å². The number of anilines is 2. The van der Waals surface area contributed by atoms with Gasteiger partial charge < -0.3 is 5.32 Å². The van der Waals surface area contributed by atoms with E-state index in [1.807, 2.05) is 39.0 Å². The Labute approximate surface area is 168 Å². The van der Waals surface area contributed by atoms with Crippen LogP contribution in [0, 0.1) is 6.92 Å². The lowest BCUT2D eigenvalue weighted by Crippen LogP contribution is -2.33. The van der Waals surface area contributed by atoms with E-state index in [1.54, 1.807) is 17.3 Å². The normalized spacial score (nSPS) is 14.6. The van der Waals surface area contributed by atoms with Crippen molar-refractivity contribution >= 4 is 23.3 Å². The van der Waals surface area contributed by atoms with Crippen LogP contribution in [-0.4, -0.2) is 38.8 Å². The van der Waals surface area contributed by atoms with Gasteiger partial charge >= 0.3 is 0 Å². The second-order valence-electron chi connectivity index (χ2n) is 7.36. The van der Waals surface area contributed by atoms with Gasteiger partial charge in [-0.15, -0.1) is 0 Å². The maximum Gasteiger partial charge on any atom is 0.271 e. The molecule has 2 aromatic heterocycles. The van der Waals surface area contributed by atoms with Crippen LogP contribution >= 0.6 is 0 Å². The fourth-order valence-corrected chi connectivity index (χ4v) is 3.38. The minimum Gasteiger partial charge on any atom is -0.354 e. The zero-order valence-corrected chi connectivity index (χ0v) is 16.6. The Hall–Kier alpha value is -3.68. The second kappa shape index (κ2) is 6.73. The van der Waals surface area contributed by atoms with E-state index in [0.717, 1.165) is 22.4 Å². The van der Waals surface area contributed by atoms with Crippen molar-refractivity contribution in [3.8, 4) is 11.1 Å². The Balaban J connectivity index is 1.81. The van der Waals surface area contributed by atoms with Crippen LogP contribution in [-0.2, 0) is 10.2 Å². The van der Waals surface area contributed by atoms with E-state index in [9.17, 15) is 9.59 Å². The van der Waals surface area contributed by atoms with E-state index in [2.05, 4.69) is 25.3 Å². The molecule has 2 amide bonds. The molecule has 3 aromatic rings. The van der Waals surface area contributed by atoms with Gasteiger partial charge in [-0.1, -0.05) is 12.1 Å². The number of fused-ring (bicyclic) bond motifs is 1. The van der Waals surface area contributed by atoms with E-state index < -0.39 is 5.41 Å². The van der Waals surface area contributed by atoms with Crippen molar-refractivity contribution in [2.24, 2.45) is 0 Å². The number of hydrogen-bond acceptors (Lipinski definition) is 6. The molecule has 1 aromatic carbocycles. The van der Waals surface area contributed by atoms with Crippen LogP contribution in [0.15, 0.2) is 43.0 Å². The molecule has 8 nitrogen and oxygen atoms in total. The zero-order chi connectivity index (χ0) is 20.8. The minimum absolute atomic E-state index is 0.105. The lowest BCUT2D eigenvalue weighted by atomic mass is 9.85. The molecule has 0 aliphatic carbocycles. The molecule has 29 heavy (non-hydrogen) atoms. The molecule has 0 spiro atoms. The van der Waals surface area contributed by atoms with Gasteiger partial charge in [0, 0.05) is 25.0 Å². The Morgan fingerprint density at radius 1 is 1.00 bits per heavy atom. The topological polar surface area (TPSA) is 101 Å².